The van der Waals surface area contributed by atoms with E-state index in [9.17, 15) is 0 Å². The molecule has 2 unspecified atom stereocenters. The minimum atomic E-state index is 0.254. The molecule has 0 bridgehead atoms. The van der Waals surface area contributed by atoms with Gasteiger partial charge in [0.05, 0.1) is 16.5 Å². The highest BCUT2D eigenvalue weighted by atomic mass is 32.2. The highest BCUT2D eigenvalue weighted by Gasteiger charge is 2.43. The largest absolute Gasteiger partial charge is 0.274 e. The summed E-state index contributed by atoms with van der Waals surface area (Å²) in [6.07, 6.45) is 10.7. The molecule has 4 heterocycles. The smallest absolute Gasteiger partial charge is 0.172 e. The maximum atomic E-state index is 5.15. The highest BCUT2D eigenvalue weighted by Crippen LogP contribution is 2.55. The van der Waals surface area contributed by atoms with Gasteiger partial charge in [0.1, 0.15) is 18.0 Å². The minimum Gasteiger partial charge on any atom is -0.274 e. The van der Waals surface area contributed by atoms with Gasteiger partial charge in [0.15, 0.2) is 5.65 Å². The molecule has 2 aromatic heterocycles. The maximum Gasteiger partial charge on any atom is 0.172 e. The summed E-state index contributed by atoms with van der Waals surface area (Å²) in [4.78, 5) is 15.5. The van der Waals surface area contributed by atoms with E-state index in [-0.39, 0.29) is 5.37 Å². The molecule has 5 nitrogen and oxygen atoms in total. The van der Waals surface area contributed by atoms with E-state index in [1.807, 2.05) is 11.8 Å². The lowest BCUT2D eigenvalue weighted by Crippen LogP contribution is -2.21. The lowest BCUT2D eigenvalue weighted by Gasteiger charge is -2.26. The Hall–Kier alpha value is -1.69. The summed E-state index contributed by atoms with van der Waals surface area (Å²) < 4.78 is 1.77. The van der Waals surface area contributed by atoms with Gasteiger partial charge in [-0.25, -0.2) is 14.5 Å². The SMILES string of the molecule is CCCCC1=NC2Sc3c(ncn4ncnc34)C2C2=C1CCC2. The first-order chi connectivity index (χ1) is 11.4. The maximum absolute atomic E-state index is 5.15. The number of hydrogen-bond donors (Lipinski definition) is 0. The average Bonchev–Trinajstić information content (AvgIpc) is 3.27. The fraction of sp³-hybridized carbons (Fsp3) is 0.529. The van der Waals surface area contributed by atoms with Crippen LogP contribution in [0.4, 0.5) is 0 Å². The molecule has 0 saturated heterocycles. The van der Waals surface area contributed by atoms with Crippen LogP contribution < -0.4 is 0 Å². The molecule has 2 atom stereocenters. The zero-order valence-electron chi connectivity index (χ0n) is 13.2. The Kier molecular flexibility index (Phi) is 3.08. The van der Waals surface area contributed by atoms with Gasteiger partial charge < -0.3 is 0 Å². The van der Waals surface area contributed by atoms with Crippen molar-refractivity contribution in [3.63, 3.8) is 0 Å². The van der Waals surface area contributed by atoms with Crippen molar-refractivity contribution in [2.24, 2.45) is 4.99 Å². The molecule has 23 heavy (non-hydrogen) atoms. The van der Waals surface area contributed by atoms with Gasteiger partial charge in [-0.05, 0) is 37.7 Å². The van der Waals surface area contributed by atoms with Crippen molar-refractivity contribution in [2.75, 3.05) is 0 Å². The Balaban J connectivity index is 1.63. The molecule has 0 saturated carbocycles. The monoisotopic (exact) mass is 325 g/mol. The summed E-state index contributed by atoms with van der Waals surface area (Å²) >= 11 is 1.83. The summed E-state index contributed by atoms with van der Waals surface area (Å²) in [5.74, 6) is 0.361. The first-order valence-corrected chi connectivity index (χ1v) is 9.38. The van der Waals surface area contributed by atoms with Crippen LogP contribution in [0.25, 0.3) is 5.65 Å². The van der Waals surface area contributed by atoms with Crippen molar-refractivity contribution in [3.8, 4) is 0 Å². The van der Waals surface area contributed by atoms with Crippen molar-refractivity contribution >= 4 is 23.1 Å². The second-order valence-electron chi connectivity index (χ2n) is 6.51. The zero-order valence-corrected chi connectivity index (χ0v) is 14.0. The van der Waals surface area contributed by atoms with Crippen LogP contribution >= 0.6 is 11.8 Å². The number of aromatic nitrogens is 4. The van der Waals surface area contributed by atoms with Gasteiger partial charge in [-0.15, -0.1) is 0 Å². The number of dihydropyridines is 1. The van der Waals surface area contributed by atoms with Gasteiger partial charge in [0.2, 0.25) is 0 Å². The normalized spacial score (nSPS) is 25.5. The number of aliphatic imine (C=N–C) groups is 1. The van der Waals surface area contributed by atoms with Gasteiger partial charge >= 0.3 is 0 Å². The Bertz CT molecular complexity index is 850. The van der Waals surface area contributed by atoms with E-state index in [0.29, 0.717) is 5.92 Å². The third kappa shape index (κ3) is 1.94. The van der Waals surface area contributed by atoms with Crippen LogP contribution in [0.1, 0.15) is 57.1 Å². The number of rotatable bonds is 3. The second-order valence-corrected chi connectivity index (χ2v) is 7.64. The summed E-state index contributed by atoms with van der Waals surface area (Å²) in [5.41, 5.74) is 6.64. The average molecular weight is 325 g/mol. The van der Waals surface area contributed by atoms with E-state index in [2.05, 4.69) is 17.0 Å². The molecule has 0 amide bonds. The molecule has 6 heteroatoms. The number of hydrogen-bond acceptors (Lipinski definition) is 5. The number of unbranched alkanes of at least 4 members (excludes halogenated alkanes) is 1. The number of allylic oxidation sites excluding steroid dienone is 1. The van der Waals surface area contributed by atoms with Crippen molar-refractivity contribution in [3.05, 3.63) is 29.5 Å². The van der Waals surface area contributed by atoms with E-state index in [1.54, 1.807) is 28.3 Å². The second kappa shape index (κ2) is 5.16. The number of nitrogens with zero attached hydrogens (tertiary/aromatic N) is 5. The predicted octanol–water partition coefficient (Wildman–Crippen LogP) is 3.77. The van der Waals surface area contributed by atoms with Crippen molar-refractivity contribution in [1.82, 2.24) is 19.6 Å². The molecule has 0 spiro atoms. The van der Waals surface area contributed by atoms with Crippen molar-refractivity contribution in [2.45, 2.75) is 61.6 Å². The predicted molar refractivity (Wildman–Crippen MR) is 91.0 cm³/mol. The van der Waals surface area contributed by atoms with Crippen LogP contribution in [0.3, 0.4) is 0 Å². The lowest BCUT2D eigenvalue weighted by molar-refractivity contribution is 0.691. The number of fused-ring (bicyclic) bond motifs is 6. The van der Waals surface area contributed by atoms with Gasteiger partial charge in [-0.2, -0.15) is 5.10 Å². The van der Waals surface area contributed by atoms with Gasteiger partial charge in [-0.3, -0.25) is 4.99 Å². The molecule has 118 valence electrons. The van der Waals surface area contributed by atoms with E-state index < -0.39 is 0 Å². The summed E-state index contributed by atoms with van der Waals surface area (Å²) in [6.45, 7) is 2.25. The van der Waals surface area contributed by atoms with Crippen LogP contribution in [0.5, 0.6) is 0 Å². The van der Waals surface area contributed by atoms with Gasteiger partial charge in [0, 0.05) is 5.71 Å². The van der Waals surface area contributed by atoms with E-state index >= 15 is 0 Å². The fourth-order valence-electron chi connectivity index (χ4n) is 4.11. The highest BCUT2D eigenvalue weighted by molar-refractivity contribution is 8.00. The Labute approximate surface area is 139 Å². The third-order valence-electron chi connectivity index (χ3n) is 5.17. The summed E-state index contributed by atoms with van der Waals surface area (Å²) in [5, 5.41) is 4.47. The molecule has 2 aromatic rings. The molecule has 0 fully saturated rings. The van der Waals surface area contributed by atoms with Crippen LogP contribution in [0, 0.1) is 0 Å². The lowest BCUT2D eigenvalue weighted by atomic mass is 9.87. The van der Waals surface area contributed by atoms with Crippen LogP contribution in [0.15, 0.2) is 33.7 Å². The van der Waals surface area contributed by atoms with Gasteiger partial charge in [0.25, 0.3) is 0 Å². The fourth-order valence-corrected chi connectivity index (χ4v) is 5.52. The quantitative estimate of drug-likeness (QED) is 0.862. The molecular formula is C17H19N5S. The molecule has 1 aliphatic carbocycles. The minimum absolute atomic E-state index is 0.254. The molecule has 0 N–H and O–H groups in total. The van der Waals surface area contributed by atoms with Crippen molar-refractivity contribution < 1.29 is 0 Å². The molecule has 0 aromatic carbocycles. The molecule has 3 aliphatic rings. The Morgan fingerprint density at radius 2 is 2.26 bits per heavy atom. The number of thioether (sulfide) groups is 1. The topological polar surface area (TPSA) is 55.4 Å². The van der Waals surface area contributed by atoms with E-state index in [0.717, 1.165) is 12.1 Å². The van der Waals surface area contributed by atoms with Gasteiger partial charge in [-0.1, -0.05) is 30.7 Å². The molecule has 5 rings (SSSR count). The Morgan fingerprint density at radius 1 is 1.30 bits per heavy atom. The summed E-state index contributed by atoms with van der Waals surface area (Å²) in [7, 11) is 0. The first kappa shape index (κ1) is 13.7. The van der Waals surface area contributed by atoms with Crippen LogP contribution in [-0.4, -0.2) is 30.7 Å². The first-order valence-electron chi connectivity index (χ1n) is 8.50. The van der Waals surface area contributed by atoms with E-state index in [4.69, 9.17) is 9.98 Å². The van der Waals surface area contributed by atoms with Crippen molar-refractivity contribution in [1.29, 1.82) is 0 Å². The molecule has 0 radical (unpaired) electrons. The molecular weight excluding hydrogens is 306 g/mol. The van der Waals surface area contributed by atoms with E-state index in [1.165, 1.54) is 48.4 Å². The van der Waals surface area contributed by atoms with Crippen LogP contribution in [0.2, 0.25) is 0 Å². The van der Waals surface area contributed by atoms with Crippen LogP contribution in [-0.2, 0) is 0 Å². The summed E-state index contributed by atoms with van der Waals surface area (Å²) in [6, 6.07) is 0. The molecule has 2 aliphatic heterocycles. The zero-order chi connectivity index (χ0) is 15.4. The Morgan fingerprint density at radius 3 is 3.17 bits per heavy atom. The third-order valence-corrected chi connectivity index (χ3v) is 6.41. The standard InChI is InChI=1S/C17H19N5S/c1-2-3-7-12-10-5-4-6-11(10)13-14-15(23-17(13)21-12)16-18-8-20-22(16)9-19-14/h8-9,13,17H,2-7H2,1H3.